The average molecular weight is 606 g/mol. The van der Waals surface area contributed by atoms with Gasteiger partial charge in [-0.1, -0.05) is 47.5 Å². The quantitative estimate of drug-likeness (QED) is 0.454. The first-order chi connectivity index (χ1) is 16.7. The number of nitrogens with two attached hydrogens (primary N) is 1. The predicted octanol–water partition coefficient (Wildman–Crippen LogP) is 5.24. The summed E-state index contributed by atoms with van der Waals surface area (Å²) in [6, 6.07) is 11.2. The number of sulfone groups is 1. The standard InChI is InChI=1S/C11H7F9O.C9H12O2S.CH5NO2S/c1-6-2-4-7(5-3-6)21-11(19,20)9(14,15)8(12,13)10(16,17)18;1-8-3-5-9(6-4-8)7-12(2,10)11;1-5(2,3)4/h2-5H,1H3;3-6H,7H2,1-2H3;1H3,(H2,2,3,4). The van der Waals surface area contributed by atoms with Gasteiger partial charge < -0.3 is 4.74 Å². The number of ether oxygens (including phenoxy) is 1. The zero-order chi connectivity index (χ0) is 30.4. The molecule has 0 heterocycles. The van der Waals surface area contributed by atoms with Crippen LogP contribution in [0.25, 0.3) is 0 Å². The van der Waals surface area contributed by atoms with E-state index in [0.717, 1.165) is 41.6 Å². The lowest BCUT2D eigenvalue weighted by atomic mass is 10.1. The molecule has 0 aliphatic carbocycles. The van der Waals surface area contributed by atoms with Crippen LogP contribution in [0.3, 0.4) is 0 Å². The maximum atomic E-state index is 13.1. The number of primary sulfonamides is 1. The molecule has 0 aliphatic heterocycles. The van der Waals surface area contributed by atoms with E-state index in [4.69, 9.17) is 0 Å². The summed E-state index contributed by atoms with van der Waals surface area (Å²) < 4.78 is 156. The van der Waals surface area contributed by atoms with Crippen molar-refractivity contribution in [1.29, 1.82) is 0 Å². The van der Waals surface area contributed by atoms with E-state index in [0.29, 0.717) is 5.56 Å². The van der Waals surface area contributed by atoms with Gasteiger partial charge in [0.15, 0.2) is 9.84 Å². The number of alkyl halides is 9. The summed E-state index contributed by atoms with van der Waals surface area (Å²) in [6.07, 6.45) is -10.8. The number of halogens is 9. The summed E-state index contributed by atoms with van der Waals surface area (Å²) in [7, 11) is -6.06. The second kappa shape index (κ2) is 12.5. The fourth-order valence-corrected chi connectivity index (χ4v) is 2.96. The first-order valence-corrected chi connectivity index (χ1v) is 13.9. The van der Waals surface area contributed by atoms with Crippen LogP contribution in [0.1, 0.15) is 16.7 Å². The van der Waals surface area contributed by atoms with Gasteiger partial charge in [-0.2, -0.15) is 39.5 Å². The molecule has 38 heavy (non-hydrogen) atoms. The van der Waals surface area contributed by atoms with Gasteiger partial charge in [0.25, 0.3) is 0 Å². The minimum atomic E-state index is -6.96. The van der Waals surface area contributed by atoms with Crippen LogP contribution in [0.15, 0.2) is 48.5 Å². The molecule has 2 aromatic rings. The van der Waals surface area contributed by atoms with E-state index in [-0.39, 0.29) is 5.75 Å². The lowest BCUT2D eigenvalue weighted by Gasteiger charge is -2.32. The van der Waals surface area contributed by atoms with Crippen molar-refractivity contribution in [2.24, 2.45) is 5.14 Å². The molecule has 0 bridgehead atoms. The molecule has 0 aliphatic rings. The number of hydrogen-bond donors (Lipinski definition) is 1. The number of hydrogen-bond acceptors (Lipinski definition) is 5. The zero-order valence-corrected chi connectivity index (χ0v) is 21.8. The monoisotopic (exact) mass is 605 g/mol. The van der Waals surface area contributed by atoms with Gasteiger partial charge in [-0.3, -0.25) is 0 Å². The van der Waals surface area contributed by atoms with E-state index < -0.39 is 49.7 Å². The van der Waals surface area contributed by atoms with Crippen LogP contribution in [0, 0.1) is 13.8 Å². The molecule has 6 nitrogen and oxygen atoms in total. The average Bonchev–Trinajstić information content (AvgIpc) is 2.68. The van der Waals surface area contributed by atoms with Crippen LogP contribution in [-0.2, 0) is 25.6 Å². The van der Waals surface area contributed by atoms with E-state index in [1.165, 1.54) is 13.2 Å². The second-order valence-corrected chi connectivity index (χ2v) is 11.8. The Morgan fingerprint density at radius 1 is 0.684 bits per heavy atom. The van der Waals surface area contributed by atoms with Crippen LogP contribution in [-0.4, -0.2) is 53.5 Å². The minimum absolute atomic E-state index is 0.132. The molecule has 2 aromatic carbocycles. The van der Waals surface area contributed by atoms with Crippen molar-refractivity contribution in [3.8, 4) is 5.75 Å². The Bertz CT molecular complexity index is 1240. The third-order valence-corrected chi connectivity index (χ3v) is 4.79. The number of aryl methyl sites for hydroxylation is 2. The lowest BCUT2D eigenvalue weighted by Crippen LogP contribution is -2.62. The third-order valence-electron chi connectivity index (χ3n) is 3.93. The Hall–Kier alpha value is -2.53. The largest absolute Gasteiger partial charge is 0.471 e. The highest BCUT2D eigenvalue weighted by molar-refractivity contribution is 7.89. The van der Waals surface area contributed by atoms with Gasteiger partial charge in [-0.25, -0.2) is 22.0 Å². The molecule has 2 N–H and O–H groups in total. The highest BCUT2D eigenvalue weighted by Crippen LogP contribution is 2.53. The van der Waals surface area contributed by atoms with Crippen LogP contribution >= 0.6 is 0 Å². The van der Waals surface area contributed by atoms with Crippen molar-refractivity contribution in [2.45, 2.75) is 43.7 Å². The summed E-state index contributed by atoms with van der Waals surface area (Å²) in [5, 5.41) is 4.33. The van der Waals surface area contributed by atoms with Gasteiger partial charge in [-0.15, -0.1) is 0 Å². The van der Waals surface area contributed by atoms with Crippen LogP contribution in [0.5, 0.6) is 5.75 Å². The number of sulfonamides is 1. The van der Waals surface area contributed by atoms with E-state index >= 15 is 0 Å². The van der Waals surface area contributed by atoms with Crippen LogP contribution in [0.4, 0.5) is 39.5 Å². The first kappa shape index (κ1) is 35.5. The molecule has 0 amide bonds. The molecule has 0 aromatic heterocycles. The van der Waals surface area contributed by atoms with Crippen LogP contribution < -0.4 is 9.88 Å². The van der Waals surface area contributed by atoms with Crippen molar-refractivity contribution in [3.05, 3.63) is 65.2 Å². The molecule has 0 radical (unpaired) electrons. The normalized spacial score (nSPS) is 13.0. The molecule has 0 saturated carbocycles. The summed E-state index contributed by atoms with van der Waals surface area (Å²) in [5.41, 5.74) is 2.49. The highest BCUT2D eigenvalue weighted by atomic mass is 32.2. The van der Waals surface area contributed by atoms with Gasteiger partial charge in [-0.05, 0) is 31.5 Å². The Kier molecular flexibility index (Phi) is 11.7. The smallest absolute Gasteiger partial charge is 0.428 e. The van der Waals surface area contributed by atoms with E-state index in [1.807, 2.05) is 31.2 Å². The molecule has 0 fully saturated rings. The Balaban J connectivity index is 0.000000673. The summed E-state index contributed by atoms with van der Waals surface area (Å²) >= 11 is 0. The van der Waals surface area contributed by atoms with Gasteiger partial charge in [0.1, 0.15) is 5.75 Å². The summed E-state index contributed by atoms with van der Waals surface area (Å²) in [6.45, 7) is 3.47. The Morgan fingerprint density at radius 3 is 1.34 bits per heavy atom. The predicted molar refractivity (Wildman–Crippen MR) is 121 cm³/mol. The Morgan fingerprint density at radius 2 is 1.03 bits per heavy atom. The summed E-state index contributed by atoms with van der Waals surface area (Å²) in [5.74, 6) is -14.6. The second-order valence-electron chi connectivity index (χ2n) is 7.96. The molecule has 0 unspecified atom stereocenters. The lowest BCUT2D eigenvalue weighted by molar-refractivity contribution is -0.428. The summed E-state index contributed by atoms with van der Waals surface area (Å²) in [4.78, 5) is 0. The first-order valence-electron chi connectivity index (χ1n) is 9.86. The maximum absolute atomic E-state index is 13.1. The van der Waals surface area contributed by atoms with E-state index in [2.05, 4.69) is 9.88 Å². The SMILES string of the molecule is CS(N)(=O)=O.Cc1ccc(CS(C)(=O)=O)cc1.Cc1ccc(OC(F)(F)C(F)(F)C(F)(F)C(F)(F)F)cc1. The minimum Gasteiger partial charge on any atom is -0.428 e. The third kappa shape index (κ3) is 11.9. The maximum Gasteiger partial charge on any atom is 0.471 e. The number of rotatable bonds is 6. The fourth-order valence-electron chi connectivity index (χ4n) is 2.17. The van der Waals surface area contributed by atoms with Gasteiger partial charge >= 0.3 is 24.1 Å². The molecular formula is C21H24F9NO5S2. The zero-order valence-electron chi connectivity index (χ0n) is 20.2. The molecule has 0 atom stereocenters. The van der Waals surface area contributed by atoms with Crippen molar-refractivity contribution < 1.29 is 61.1 Å². The topological polar surface area (TPSA) is 104 Å². The van der Waals surface area contributed by atoms with Crippen molar-refractivity contribution >= 4 is 19.9 Å². The molecule has 218 valence electrons. The molecule has 0 saturated heterocycles. The fraction of sp³-hybridized carbons (Fsp3) is 0.429. The molecule has 0 spiro atoms. The van der Waals surface area contributed by atoms with Crippen molar-refractivity contribution in [2.75, 3.05) is 12.5 Å². The van der Waals surface area contributed by atoms with Gasteiger partial charge in [0, 0.05) is 6.26 Å². The van der Waals surface area contributed by atoms with Crippen molar-refractivity contribution in [1.82, 2.24) is 0 Å². The highest BCUT2D eigenvalue weighted by Gasteiger charge is 2.83. The number of benzene rings is 2. The van der Waals surface area contributed by atoms with Gasteiger partial charge in [0.2, 0.25) is 10.0 Å². The van der Waals surface area contributed by atoms with Crippen molar-refractivity contribution in [3.63, 3.8) is 0 Å². The van der Waals surface area contributed by atoms with Crippen LogP contribution in [0.2, 0.25) is 0 Å². The van der Waals surface area contributed by atoms with Gasteiger partial charge in [0.05, 0.1) is 12.0 Å². The Labute approximate surface area is 213 Å². The van der Waals surface area contributed by atoms with E-state index in [1.54, 1.807) is 0 Å². The van der Waals surface area contributed by atoms with E-state index in [9.17, 15) is 56.3 Å². The molecule has 2 rings (SSSR count). The molecule has 17 heteroatoms. The molecular weight excluding hydrogens is 581 g/mol.